The Balaban J connectivity index is 5.15. The van der Waals surface area contributed by atoms with Gasteiger partial charge in [0.25, 0.3) is 0 Å². The van der Waals surface area contributed by atoms with E-state index in [0.717, 1.165) is 0 Å². The minimum Gasteiger partial charge on any atom is -0.466 e. The van der Waals surface area contributed by atoms with E-state index in [1.165, 1.54) is 26.0 Å². The van der Waals surface area contributed by atoms with Crippen LogP contribution in [0.3, 0.4) is 0 Å². The predicted molar refractivity (Wildman–Crippen MR) is 50.4 cm³/mol. The Bertz CT molecular complexity index is 268. The van der Waals surface area contributed by atoms with Gasteiger partial charge in [-0.3, -0.25) is 0 Å². The Morgan fingerprint density at radius 1 is 1.00 bits per heavy atom. The molecule has 0 N–H and O–H groups in total. The molecular weight excluding hydrogens is 186 g/mol. The van der Waals surface area contributed by atoms with Crippen LogP contribution in [0.5, 0.6) is 0 Å². The molecule has 0 atom stereocenters. The second kappa shape index (κ2) is 5.26. The zero-order chi connectivity index (χ0) is 11.3. The monoisotopic (exact) mass is 201 g/mol. The van der Waals surface area contributed by atoms with Gasteiger partial charge in [-0.25, -0.2) is 9.59 Å². The van der Waals surface area contributed by atoms with Crippen molar-refractivity contribution in [2.45, 2.75) is 6.92 Å². The number of rotatable bonds is 3. The minimum absolute atomic E-state index is 0.194. The first-order valence-electron chi connectivity index (χ1n) is 4.00. The molecule has 0 spiro atoms. The Hall–Kier alpha value is -1.52. The average Bonchev–Trinajstić information content (AvgIpc) is 2.15. The van der Waals surface area contributed by atoms with Gasteiger partial charge in [-0.2, -0.15) is 0 Å². The first-order valence-corrected chi connectivity index (χ1v) is 4.00. The van der Waals surface area contributed by atoms with Crippen molar-refractivity contribution in [3.8, 4) is 0 Å². The molecule has 0 bridgehead atoms. The van der Waals surface area contributed by atoms with Gasteiger partial charge in [0.15, 0.2) is 0 Å². The zero-order valence-electron chi connectivity index (χ0n) is 9.08. The highest BCUT2D eigenvalue weighted by Crippen LogP contribution is 2.10. The van der Waals surface area contributed by atoms with Crippen LogP contribution < -0.4 is 0 Å². The van der Waals surface area contributed by atoms with Crippen LogP contribution in [0.2, 0.25) is 0 Å². The van der Waals surface area contributed by atoms with Crippen LogP contribution >= 0.6 is 0 Å². The van der Waals surface area contributed by atoms with Crippen LogP contribution in [-0.4, -0.2) is 45.2 Å². The number of methoxy groups -OCH3 is 2. The van der Waals surface area contributed by atoms with Crippen molar-refractivity contribution in [1.82, 2.24) is 4.90 Å². The summed E-state index contributed by atoms with van der Waals surface area (Å²) in [6.07, 6.45) is 0. The van der Waals surface area contributed by atoms with Gasteiger partial charge < -0.3 is 14.4 Å². The third kappa shape index (κ3) is 2.76. The molecule has 0 saturated carbocycles. The molecule has 5 nitrogen and oxygen atoms in total. The number of hydrogen-bond acceptors (Lipinski definition) is 5. The van der Waals surface area contributed by atoms with Crippen molar-refractivity contribution in [3.63, 3.8) is 0 Å². The molecule has 0 aliphatic rings. The Kier molecular flexibility index (Phi) is 4.69. The van der Waals surface area contributed by atoms with Crippen molar-refractivity contribution in [3.05, 3.63) is 11.3 Å². The molecular formula is C9H15NO4. The van der Waals surface area contributed by atoms with E-state index < -0.39 is 11.9 Å². The molecule has 0 aromatic carbocycles. The summed E-state index contributed by atoms with van der Waals surface area (Å²) >= 11 is 0. The molecule has 0 aromatic rings. The molecule has 80 valence electrons. The van der Waals surface area contributed by atoms with E-state index in [0.29, 0.717) is 0 Å². The van der Waals surface area contributed by atoms with Crippen LogP contribution in [0.15, 0.2) is 11.3 Å². The lowest BCUT2D eigenvalue weighted by molar-refractivity contribution is -0.140. The fourth-order valence-electron chi connectivity index (χ4n) is 1.02. The maximum absolute atomic E-state index is 11.3. The Morgan fingerprint density at radius 2 is 1.43 bits per heavy atom. The smallest absolute Gasteiger partial charge is 0.354 e. The zero-order valence-corrected chi connectivity index (χ0v) is 9.08. The predicted octanol–water partition coefficient (Wildman–Crippen LogP) is 0.168. The van der Waals surface area contributed by atoms with Crippen molar-refractivity contribution in [2.24, 2.45) is 0 Å². The average molecular weight is 201 g/mol. The lowest BCUT2D eigenvalue weighted by atomic mass is 10.2. The molecule has 0 saturated heterocycles. The summed E-state index contributed by atoms with van der Waals surface area (Å²) in [4.78, 5) is 24.0. The number of hydrogen-bond donors (Lipinski definition) is 0. The van der Waals surface area contributed by atoms with E-state index in [9.17, 15) is 9.59 Å². The molecule has 0 fully saturated rings. The molecule has 0 rings (SSSR count). The summed E-state index contributed by atoms with van der Waals surface area (Å²) in [7, 11) is 5.82. The van der Waals surface area contributed by atoms with Crippen molar-refractivity contribution in [1.29, 1.82) is 0 Å². The summed E-state index contributed by atoms with van der Waals surface area (Å²) in [6, 6.07) is 0. The van der Waals surface area contributed by atoms with E-state index in [-0.39, 0.29) is 11.3 Å². The second-order valence-electron chi connectivity index (χ2n) is 2.85. The first-order chi connectivity index (χ1) is 6.45. The quantitative estimate of drug-likeness (QED) is 0.481. The van der Waals surface area contributed by atoms with Crippen LogP contribution in [0.1, 0.15) is 6.92 Å². The summed E-state index contributed by atoms with van der Waals surface area (Å²) in [5.41, 5.74) is 0.420. The van der Waals surface area contributed by atoms with E-state index >= 15 is 0 Å². The van der Waals surface area contributed by atoms with Gasteiger partial charge in [0.2, 0.25) is 0 Å². The third-order valence-electron chi connectivity index (χ3n) is 1.67. The maximum atomic E-state index is 11.3. The molecule has 0 aromatic heterocycles. The number of esters is 2. The van der Waals surface area contributed by atoms with Gasteiger partial charge in [0.05, 0.1) is 19.8 Å². The number of carbonyl (C=O) groups is 2. The van der Waals surface area contributed by atoms with Gasteiger partial charge in [0, 0.05) is 14.1 Å². The van der Waals surface area contributed by atoms with Gasteiger partial charge in [0.1, 0.15) is 5.70 Å². The number of likely N-dealkylation sites (N-methyl/N-ethyl adjacent to an activating group) is 1. The van der Waals surface area contributed by atoms with Crippen molar-refractivity contribution >= 4 is 11.9 Å². The second-order valence-corrected chi connectivity index (χ2v) is 2.85. The molecule has 5 heteroatoms. The summed E-state index contributed by atoms with van der Waals surface area (Å²) < 4.78 is 9.05. The SMILES string of the molecule is COC(=O)/C(C)=C(/C(=O)OC)N(C)C. The van der Waals surface area contributed by atoms with Gasteiger partial charge in [-0.05, 0) is 6.92 Å². The highest BCUT2D eigenvalue weighted by atomic mass is 16.5. The Labute approximate surface area is 83.3 Å². The number of carbonyl (C=O) groups excluding carboxylic acids is 2. The lowest BCUT2D eigenvalue weighted by Gasteiger charge is -2.16. The highest BCUT2D eigenvalue weighted by molar-refractivity contribution is 5.99. The van der Waals surface area contributed by atoms with E-state index in [4.69, 9.17) is 0 Å². The van der Waals surface area contributed by atoms with Crippen LogP contribution in [0.4, 0.5) is 0 Å². The topological polar surface area (TPSA) is 55.8 Å². The number of ether oxygens (including phenoxy) is 2. The Morgan fingerprint density at radius 3 is 1.71 bits per heavy atom. The van der Waals surface area contributed by atoms with Crippen molar-refractivity contribution in [2.75, 3.05) is 28.3 Å². The van der Waals surface area contributed by atoms with Crippen LogP contribution in [0, 0.1) is 0 Å². The molecule has 0 unspecified atom stereocenters. The van der Waals surface area contributed by atoms with Gasteiger partial charge in [-0.15, -0.1) is 0 Å². The summed E-state index contributed by atoms with van der Waals surface area (Å²) in [6.45, 7) is 1.51. The van der Waals surface area contributed by atoms with Gasteiger partial charge >= 0.3 is 11.9 Å². The largest absolute Gasteiger partial charge is 0.466 e. The number of nitrogens with zero attached hydrogens (tertiary/aromatic N) is 1. The van der Waals surface area contributed by atoms with E-state index in [1.807, 2.05) is 0 Å². The fraction of sp³-hybridized carbons (Fsp3) is 0.556. The molecule has 0 heterocycles. The van der Waals surface area contributed by atoms with Crippen molar-refractivity contribution < 1.29 is 19.1 Å². The first kappa shape index (κ1) is 12.5. The third-order valence-corrected chi connectivity index (χ3v) is 1.67. The van der Waals surface area contributed by atoms with Crippen LogP contribution in [-0.2, 0) is 19.1 Å². The molecule has 0 aliphatic heterocycles. The minimum atomic E-state index is -0.558. The molecule has 0 amide bonds. The van der Waals surface area contributed by atoms with E-state index in [1.54, 1.807) is 14.1 Å². The summed E-state index contributed by atoms with van der Waals surface area (Å²) in [5, 5.41) is 0. The standard InChI is InChI=1S/C9H15NO4/c1-6(8(11)13-4)7(10(2)3)9(12)14-5/h1-5H3/b7-6-. The van der Waals surface area contributed by atoms with E-state index in [2.05, 4.69) is 9.47 Å². The van der Waals surface area contributed by atoms with Crippen LogP contribution in [0.25, 0.3) is 0 Å². The molecule has 14 heavy (non-hydrogen) atoms. The fourth-order valence-corrected chi connectivity index (χ4v) is 1.02. The molecule has 0 radical (unpaired) electrons. The highest BCUT2D eigenvalue weighted by Gasteiger charge is 2.20. The lowest BCUT2D eigenvalue weighted by Crippen LogP contribution is -2.24. The normalized spacial score (nSPS) is 11.5. The van der Waals surface area contributed by atoms with Gasteiger partial charge in [-0.1, -0.05) is 0 Å². The molecule has 0 aliphatic carbocycles. The maximum Gasteiger partial charge on any atom is 0.354 e. The summed E-state index contributed by atoms with van der Waals surface area (Å²) in [5.74, 6) is -1.10.